The van der Waals surface area contributed by atoms with Crippen LogP contribution in [0.5, 0.6) is 0 Å². The fraction of sp³-hybridized carbons (Fsp3) is 0.562. The minimum atomic E-state index is 0.0521. The lowest BCUT2D eigenvalue weighted by Crippen LogP contribution is -2.39. The van der Waals surface area contributed by atoms with Crippen LogP contribution in [0.1, 0.15) is 44.1 Å². The van der Waals surface area contributed by atoms with E-state index >= 15 is 0 Å². The summed E-state index contributed by atoms with van der Waals surface area (Å²) in [5, 5.41) is 11.8. The third kappa shape index (κ3) is 3.57. The van der Waals surface area contributed by atoms with E-state index < -0.39 is 0 Å². The first kappa shape index (κ1) is 14.1. The Hall–Kier alpha value is -1.35. The van der Waals surface area contributed by atoms with Crippen LogP contribution in [-0.2, 0) is 10.2 Å². The molecule has 1 aromatic rings. The highest BCUT2D eigenvalue weighted by Gasteiger charge is 2.35. The van der Waals surface area contributed by atoms with Crippen LogP contribution >= 0.6 is 0 Å². The molecule has 0 bridgehead atoms. The molecule has 0 unspecified atom stereocenters. The first-order valence-electron chi connectivity index (χ1n) is 7.20. The van der Waals surface area contributed by atoms with Crippen molar-refractivity contribution in [3.05, 3.63) is 35.9 Å². The van der Waals surface area contributed by atoms with Crippen molar-refractivity contribution < 1.29 is 9.90 Å². The van der Waals surface area contributed by atoms with Crippen molar-refractivity contribution >= 4 is 5.91 Å². The van der Waals surface area contributed by atoms with Gasteiger partial charge in [0.05, 0.1) is 0 Å². The molecule has 0 aromatic heterocycles. The van der Waals surface area contributed by atoms with Crippen LogP contribution < -0.4 is 5.32 Å². The minimum Gasteiger partial charge on any atom is -0.396 e. The second-order valence-corrected chi connectivity index (χ2v) is 5.46. The van der Waals surface area contributed by atoms with Crippen LogP contribution in [0, 0.1) is 0 Å². The number of amides is 1. The summed E-state index contributed by atoms with van der Waals surface area (Å²) >= 11 is 0. The normalized spacial score (nSPS) is 17.3. The average molecular weight is 261 g/mol. The third-order valence-corrected chi connectivity index (χ3v) is 4.13. The van der Waals surface area contributed by atoms with Gasteiger partial charge in [0, 0.05) is 25.0 Å². The molecule has 3 nitrogen and oxygen atoms in total. The van der Waals surface area contributed by atoms with Gasteiger partial charge in [-0.2, -0.15) is 0 Å². The minimum absolute atomic E-state index is 0.0521. The lowest BCUT2D eigenvalue weighted by Gasteiger charge is -2.30. The topological polar surface area (TPSA) is 49.3 Å². The molecule has 0 aliphatic heterocycles. The Labute approximate surface area is 115 Å². The molecule has 104 valence electrons. The van der Waals surface area contributed by atoms with Crippen molar-refractivity contribution in [2.45, 2.75) is 43.9 Å². The number of carbonyl (C=O) groups is 1. The number of hydrogen-bond acceptors (Lipinski definition) is 2. The van der Waals surface area contributed by atoms with Crippen LogP contribution in [0.3, 0.4) is 0 Å². The maximum absolute atomic E-state index is 11.7. The van der Waals surface area contributed by atoms with Crippen molar-refractivity contribution in [2.24, 2.45) is 0 Å². The predicted octanol–water partition coefficient (Wildman–Crippen LogP) is 2.39. The fourth-order valence-electron chi connectivity index (χ4n) is 3.01. The summed E-state index contributed by atoms with van der Waals surface area (Å²) in [6.07, 6.45) is 5.74. The van der Waals surface area contributed by atoms with E-state index in [9.17, 15) is 4.79 Å². The quantitative estimate of drug-likeness (QED) is 0.826. The highest BCUT2D eigenvalue weighted by atomic mass is 16.3. The lowest BCUT2D eigenvalue weighted by atomic mass is 9.79. The second kappa shape index (κ2) is 6.71. The van der Waals surface area contributed by atoms with Crippen molar-refractivity contribution in [2.75, 3.05) is 13.2 Å². The van der Waals surface area contributed by atoms with Gasteiger partial charge in [0.25, 0.3) is 0 Å². The van der Waals surface area contributed by atoms with Gasteiger partial charge in [-0.3, -0.25) is 4.79 Å². The van der Waals surface area contributed by atoms with Crippen LogP contribution in [0.15, 0.2) is 30.3 Å². The van der Waals surface area contributed by atoms with Crippen LogP contribution in [0.25, 0.3) is 0 Å². The molecule has 1 amide bonds. The lowest BCUT2D eigenvalue weighted by molar-refractivity contribution is -0.121. The Morgan fingerprint density at radius 3 is 2.53 bits per heavy atom. The molecular weight excluding hydrogens is 238 g/mol. The monoisotopic (exact) mass is 261 g/mol. The van der Waals surface area contributed by atoms with Crippen molar-refractivity contribution in [1.29, 1.82) is 0 Å². The molecule has 0 spiro atoms. The molecule has 1 aliphatic rings. The van der Waals surface area contributed by atoms with Gasteiger partial charge in [-0.05, 0) is 24.8 Å². The van der Waals surface area contributed by atoms with Gasteiger partial charge in [-0.25, -0.2) is 0 Å². The Balaban J connectivity index is 1.99. The predicted molar refractivity (Wildman–Crippen MR) is 75.9 cm³/mol. The maximum atomic E-state index is 11.7. The fourth-order valence-corrected chi connectivity index (χ4v) is 3.01. The van der Waals surface area contributed by atoms with Gasteiger partial charge < -0.3 is 10.4 Å². The number of hydrogen-bond donors (Lipinski definition) is 2. The number of carbonyl (C=O) groups excluding carboxylic acids is 1. The standard InChI is InChI=1S/C16H23NO2/c18-12-6-9-15(19)17-13-16(10-4-5-11-16)14-7-2-1-3-8-14/h1-3,7-8,18H,4-6,9-13H2,(H,17,19). The maximum Gasteiger partial charge on any atom is 0.220 e. The number of nitrogens with one attached hydrogen (secondary N) is 1. The molecule has 0 heterocycles. The second-order valence-electron chi connectivity index (χ2n) is 5.46. The van der Waals surface area contributed by atoms with Crippen LogP contribution in [0.4, 0.5) is 0 Å². The van der Waals surface area contributed by atoms with Gasteiger partial charge in [-0.1, -0.05) is 43.2 Å². The summed E-state index contributed by atoms with van der Waals surface area (Å²) in [7, 11) is 0. The van der Waals surface area contributed by atoms with Crippen molar-refractivity contribution in [1.82, 2.24) is 5.32 Å². The van der Waals surface area contributed by atoms with E-state index in [2.05, 4.69) is 29.6 Å². The summed E-state index contributed by atoms with van der Waals surface area (Å²) in [6, 6.07) is 10.5. The molecule has 1 aliphatic carbocycles. The number of aliphatic hydroxyl groups is 1. The number of benzene rings is 1. The molecule has 2 rings (SSSR count). The van der Waals surface area contributed by atoms with Crippen LogP contribution in [0.2, 0.25) is 0 Å². The van der Waals surface area contributed by atoms with E-state index in [1.54, 1.807) is 0 Å². The molecule has 1 fully saturated rings. The third-order valence-electron chi connectivity index (χ3n) is 4.13. The number of rotatable bonds is 6. The Kier molecular flexibility index (Phi) is 4.97. The Morgan fingerprint density at radius 2 is 1.89 bits per heavy atom. The van der Waals surface area contributed by atoms with E-state index in [4.69, 9.17) is 5.11 Å². The molecule has 0 saturated heterocycles. The smallest absolute Gasteiger partial charge is 0.220 e. The molecule has 19 heavy (non-hydrogen) atoms. The molecule has 2 N–H and O–H groups in total. The van der Waals surface area contributed by atoms with Crippen molar-refractivity contribution in [3.63, 3.8) is 0 Å². The van der Waals surface area contributed by atoms with Crippen molar-refractivity contribution in [3.8, 4) is 0 Å². The zero-order chi connectivity index (χ0) is 13.6. The zero-order valence-electron chi connectivity index (χ0n) is 11.4. The first-order valence-corrected chi connectivity index (χ1v) is 7.20. The summed E-state index contributed by atoms with van der Waals surface area (Å²) in [4.78, 5) is 11.7. The first-order chi connectivity index (χ1) is 9.27. The zero-order valence-corrected chi connectivity index (χ0v) is 11.4. The molecule has 0 radical (unpaired) electrons. The number of aliphatic hydroxyl groups excluding tert-OH is 1. The Bertz CT molecular complexity index is 396. The van der Waals surface area contributed by atoms with E-state index in [0.29, 0.717) is 12.8 Å². The van der Waals surface area contributed by atoms with Gasteiger partial charge in [0.2, 0.25) is 5.91 Å². The van der Waals surface area contributed by atoms with E-state index in [1.165, 1.54) is 18.4 Å². The average Bonchev–Trinajstić information content (AvgIpc) is 2.94. The highest BCUT2D eigenvalue weighted by Crippen LogP contribution is 2.40. The SMILES string of the molecule is O=C(CCCO)NCC1(c2ccccc2)CCCC1. The van der Waals surface area contributed by atoms with Crippen LogP contribution in [-0.4, -0.2) is 24.2 Å². The van der Waals surface area contributed by atoms with Gasteiger partial charge in [-0.15, -0.1) is 0 Å². The molecular formula is C16H23NO2. The highest BCUT2D eigenvalue weighted by molar-refractivity contribution is 5.76. The van der Waals surface area contributed by atoms with E-state index in [-0.39, 0.29) is 17.9 Å². The summed E-state index contributed by atoms with van der Waals surface area (Å²) < 4.78 is 0. The van der Waals surface area contributed by atoms with E-state index in [0.717, 1.165) is 19.4 Å². The summed E-state index contributed by atoms with van der Waals surface area (Å²) in [5.41, 5.74) is 1.46. The van der Waals surface area contributed by atoms with Gasteiger partial charge >= 0.3 is 0 Å². The van der Waals surface area contributed by atoms with E-state index in [1.807, 2.05) is 6.07 Å². The summed E-state index contributed by atoms with van der Waals surface area (Å²) in [5.74, 6) is 0.0521. The van der Waals surface area contributed by atoms with Gasteiger partial charge in [0.1, 0.15) is 0 Å². The largest absolute Gasteiger partial charge is 0.396 e. The summed E-state index contributed by atoms with van der Waals surface area (Å²) in [6.45, 7) is 0.804. The molecule has 1 saturated carbocycles. The molecule has 3 heteroatoms. The van der Waals surface area contributed by atoms with Gasteiger partial charge in [0.15, 0.2) is 0 Å². The Morgan fingerprint density at radius 1 is 1.21 bits per heavy atom. The molecule has 1 aromatic carbocycles. The molecule has 0 atom stereocenters.